The predicted octanol–water partition coefficient (Wildman–Crippen LogP) is 3.28. The number of hydrogen-bond donors (Lipinski definition) is 1. The van der Waals surface area contributed by atoms with Gasteiger partial charge in [-0.2, -0.15) is 4.99 Å². The molecule has 1 aromatic carbocycles. The monoisotopic (exact) mass is 341 g/mol. The molecule has 5 nitrogen and oxygen atoms in total. The van der Waals surface area contributed by atoms with Crippen molar-refractivity contribution in [1.29, 1.82) is 0 Å². The van der Waals surface area contributed by atoms with Crippen LogP contribution in [0.5, 0.6) is 17.2 Å². The summed E-state index contributed by atoms with van der Waals surface area (Å²) in [5.74, 6) is 0.928. The van der Waals surface area contributed by atoms with Gasteiger partial charge in [0.15, 0.2) is 11.5 Å². The van der Waals surface area contributed by atoms with Gasteiger partial charge in [-0.15, -0.1) is 0 Å². The number of rotatable bonds is 4. The molecule has 108 valence electrons. The Morgan fingerprint density at radius 2 is 2.00 bits per heavy atom. The van der Waals surface area contributed by atoms with Crippen LogP contribution < -0.4 is 9.47 Å². The number of ether oxygens (including phenoxy) is 2. The van der Waals surface area contributed by atoms with E-state index >= 15 is 0 Å². The van der Waals surface area contributed by atoms with E-state index in [-0.39, 0.29) is 5.75 Å². The fourth-order valence-electron chi connectivity index (χ4n) is 2.85. The molecule has 0 radical (unpaired) electrons. The number of methoxy groups -OCH3 is 2. The van der Waals surface area contributed by atoms with E-state index in [1.54, 1.807) is 12.1 Å². The molecule has 0 atom stereocenters. The first-order valence-corrected chi connectivity index (χ1v) is 7.12. The van der Waals surface area contributed by atoms with Crippen LogP contribution in [0.25, 0.3) is 0 Å². The van der Waals surface area contributed by atoms with Crippen LogP contribution in [-0.2, 0) is 10.3 Å². The second-order valence-corrected chi connectivity index (χ2v) is 5.61. The molecule has 0 aromatic heterocycles. The SMILES string of the molecule is COc1cc(Br)c(O)c(C2(N=C=O)CCCC2)c1OC. The summed E-state index contributed by atoms with van der Waals surface area (Å²) in [4.78, 5) is 14.8. The minimum atomic E-state index is -0.783. The molecular weight excluding hydrogens is 326 g/mol. The third-order valence-corrected chi connectivity index (χ3v) is 4.36. The number of phenolic OH excluding ortho intramolecular Hbond substituents is 1. The van der Waals surface area contributed by atoms with Gasteiger partial charge in [-0.3, -0.25) is 0 Å². The molecule has 6 heteroatoms. The van der Waals surface area contributed by atoms with Gasteiger partial charge in [0, 0.05) is 6.07 Å². The molecule has 1 aliphatic carbocycles. The minimum absolute atomic E-state index is 0.0311. The maximum atomic E-state index is 10.8. The van der Waals surface area contributed by atoms with Crippen LogP contribution in [0.3, 0.4) is 0 Å². The smallest absolute Gasteiger partial charge is 0.235 e. The normalized spacial score (nSPS) is 16.6. The summed E-state index contributed by atoms with van der Waals surface area (Å²) < 4.78 is 11.2. The van der Waals surface area contributed by atoms with Gasteiger partial charge < -0.3 is 14.6 Å². The Labute approximate surface area is 125 Å². The van der Waals surface area contributed by atoms with Gasteiger partial charge in [0.2, 0.25) is 6.08 Å². The number of aromatic hydroxyl groups is 1. The molecular formula is C14H16BrNO4. The number of aliphatic imine (C=N–C) groups is 1. The van der Waals surface area contributed by atoms with Crippen molar-refractivity contribution in [3.05, 3.63) is 16.1 Å². The van der Waals surface area contributed by atoms with Crippen molar-refractivity contribution in [2.75, 3.05) is 14.2 Å². The summed E-state index contributed by atoms with van der Waals surface area (Å²) >= 11 is 3.30. The zero-order valence-electron chi connectivity index (χ0n) is 11.4. The van der Waals surface area contributed by atoms with Gasteiger partial charge in [0.1, 0.15) is 11.3 Å². The van der Waals surface area contributed by atoms with E-state index in [9.17, 15) is 9.90 Å². The summed E-state index contributed by atoms with van der Waals surface area (Å²) in [5, 5.41) is 10.4. The van der Waals surface area contributed by atoms with Crippen LogP contribution in [-0.4, -0.2) is 25.4 Å². The number of phenols is 1. The number of nitrogens with zero attached hydrogens (tertiary/aromatic N) is 1. The second-order valence-electron chi connectivity index (χ2n) is 4.76. The predicted molar refractivity (Wildman–Crippen MR) is 77.2 cm³/mol. The third-order valence-electron chi connectivity index (χ3n) is 3.75. The van der Waals surface area contributed by atoms with Crippen molar-refractivity contribution >= 4 is 22.0 Å². The van der Waals surface area contributed by atoms with Gasteiger partial charge in [-0.05, 0) is 28.8 Å². The minimum Gasteiger partial charge on any atom is -0.506 e. The molecule has 2 rings (SSSR count). The quantitative estimate of drug-likeness (QED) is 0.674. The van der Waals surface area contributed by atoms with Gasteiger partial charge in [0.25, 0.3) is 0 Å². The highest BCUT2D eigenvalue weighted by Gasteiger charge is 2.42. The third kappa shape index (κ3) is 2.30. The molecule has 0 spiro atoms. The average molecular weight is 342 g/mol. The Kier molecular flexibility index (Phi) is 4.35. The van der Waals surface area contributed by atoms with Crippen LogP contribution in [0.4, 0.5) is 0 Å². The van der Waals surface area contributed by atoms with Crippen LogP contribution in [0.15, 0.2) is 15.5 Å². The summed E-state index contributed by atoms with van der Waals surface area (Å²) in [6.07, 6.45) is 4.85. The van der Waals surface area contributed by atoms with Crippen LogP contribution in [0.2, 0.25) is 0 Å². The Hall–Kier alpha value is -1.52. The van der Waals surface area contributed by atoms with Gasteiger partial charge in [0.05, 0.1) is 24.3 Å². The molecule has 1 fully saturated rings. The van der Waals surface area contributed by atoms with Gasteiger partial charge >= 0.3 is 0 Å². The van der Waals surface area contributed by atoms with E-state index < -0.39 is 5.54 Å². The van der Waals surface area contributed by atoms with Crippen molar-refractivity contribution in [2.24, 2.45) is 4.99 Å². The number of halogens is 1. The number of hydrogen-bond acceptors (Lipinski definition) is 5. The highest BCUT2D eigenvalue weighted by Crippen LogP contribution is 2.54. The van der Waals surface area contributed by atoms with E-state index in [1.165, 1.54) is 14.2 Å². The van der Waals surface area contributed by atoms with E-state index in [2.05, 4.69) is 20.9 Å². The first-order chi connectivity index (χ1) is 9.59. The summed E-state index contributed by atoms with van der Waals surface area (Å²) in [7, 11) is 3.03. The first kappa shape index (κ1) is 14.9. The lowest BCUT2D eigenvalue weighted by molar-refractivity contribution is 0.326. The van der Waals surface area contributed by atoms with E-state index in [0.29, 0.717) is 34.4 Å². The molecule has 0 aliphatic heterocycles. The zero-order chi connectivity index (χ0) is 14.8. The highest BCUT2D eigenvalue weighted by atomic mass is 79.9. The molecule has 1 N–H and O–H groups in total. The Morgan fingerprint density at radius 3 is 2.50 bits per heavy atom. The first-order valence-electron chi connectivity index (χ1n) is 6.32. The molecule has 0 amide bonds. The Balaban J connectivity index is 2.76. The van der Waals surface area contributed by atoms with Crippen molar-refractivity contribution in [3.63, 3.8) is 0 Å². The average Bonchev–Trinajstić information content (AvgIpc) is 2.90. The van der Waals surface area contributed by atoms with Gasteiger partial charge in [-0.1, -0.05) is 12.8 Å². The fourth-order valence-corrected chi connectivity index (χ4v) is 3.26. The highest BCUT2D eigenvalue weighted by molar-refractivity contribution is 9.10. The number of carbonyl (C=O) groups excluding carboxylic acids is 1. The lowest BCUT2D eigenvalue weighted by Crippen LogP contribution is -2.20. The molecule has 20 heavy (non-hydrogen) atoms. The van der Waals surface area contributed by atoms with Crippen molar-refractivity contribution in [3.8, 4) is 17.2 Å². The van der Waals surface area contributed by atoms with Gasteiger partial charge in [-0.25, -0.2) is 4.79 Å². The maximum absolute atomic E-state index is 10.8. The Morgan fingerprint density at radius 1 is 1.35 bits per heavy atom. The van der Waals surface area contributed by atoms with Crippen LogP contribution in [0, 0.1) is 0 Å². The topological polar surface area (TPSA) is 68.1 Å². The lowest BCUT2D eigenvalue weighted by atomic mass is 9.87. The zero-order valence-corrected chi connectivity index (χ0v) is 13.0. The maximum Gasteiger partial charge on any atom is 0.235 e. The van der Waals surface area contributed by atoms with Crippen LogP contribution >= 0.6 is 15.9 Å². The number of isocyanates is 1. The van der Waals surface area contributed by atoms with E-state index in [4.69, 9.17) is 9.47 Å². The molecule has 0 heterocycles. The van der Waals surface area contributed by atoms with E-state index in [1.807, 2.05) is 0 Å². The largest absolute Gasteiger partial charge is 0.506 e. The van der Waals surface area contributed by atoms with Crippen molar-refractivity contribution in [1.82, 2.24) is 0 Å². The molecule has 0 saturated heterocycles. The molecule has 1 aliphatic rings. The van der Waals surface area contributed by atoms with E-state index in [0.717, 1.165) is 12.8 Å². The lowest BCUT2D eigenvalue weighted by Gasteiger charge is -2.27. The Bertz CT molecular complexity index is 561. The van der Waals surface area contributed by atoms with Crippen molar-refractivity contribution < 1.29 is 19.4 Å². The molecule has 0 bridgehead atoms. The van der Waals surface area contributed by atoms with Crippen LogP contribution in [0.1, 0.15) is 31.2 Å². The summed E-state index contributed by atoms with van der Waals surface area (Å²) in [6.45, 7) is 0. The summed E-state index contributed by atoms with van der Waals surface area (Å²) in [6, 6.07) is 1.63. The van der Waals surface area contributed by atoms with Crippen molar-refractivity contribution in [2.45, 2.75) is 31.2 Å². The molecule has 1 aromatic rings. The molecule has 1 saturated carbocycles. The molecule has 0 unspecified atom stereocenters. The number of benzene rings is 1. The summed E-state index contributed by atoms with van der Waals surface area (Å²) in [5.41, 5.74) is -0.291. The second kappa shape index (κ2) is 5.85. The standard InChI is InChI=1S/C14H16BrNO4/c1-19-10-7-9(15)12(18)11(13(10)20-2)14(16-8-17)5-3-4-6-14/h7,18H,3-6H2,1-2H3. The fraction of sp³-hybridized carbons (Fsp3) is 0.500.